The predicted molar refractivity (Wildman–Crippen MR) is 115 cm³/mol. The molecule has 0 saturated heterocycles. The SMILES string of the molecule is N#CC[C@H]1CC[C@H](n2c(CC(=O)NCc3ncc[nH]3)nc3cnc4[nH]ccc4c32)CC1. The number of amides is 1. The smallest absolute Gasteiger partial charge is 0.227 e. The van der Waals surface area contributed by atoms with E-state index in [0.29, 0.717) is 18.9 Å². The third kappa shape index (κ3) is 3.77. The fraction of sp³-hybridized carbons (Fsp3) is 0.409. The maximum absolute atomic E-state index is 12.7. The summed E-state index contributed by atoms with van der Waals surface area (Å²) in [5.74, 6) is 1.84. The number of nitrogens with one attached hydrogen (secondary N) is 3. The molecule has 0 spiro atoms. The van der Waals surface area contributed by atoms with Gasteiger partial charge in [-0.2, -0.15) is 5.26 Å². The number of pyridine rings is 1. The molecule has 0 aliphatic heterocycles. The van der Waals surface area contributed by atoms with Crippen molar-refractivity contribution in [3.8, 4) is 6.07 Å². The molecule has 0 unspecified atom stereocenters. The number of nitriles is 1. The minimum atomic E-state index is -0.0932. The molecule has 5 rings (SSSR count). The first-order valence-electron chi connectivity index (χ1n) is 10.7. The molecule has 1 aliphatic carbocycles. The van der Waals surface area contributed by atoms with Gasteiger partial charge in [0.25, 0.3) is 0 Å². The van der Waals surface area contributed by atoms with E-state index in [-0.39, 0.29) is 18.4 Å². The van der Waals surface area contributed by atoms with Crippen molar-refractivity contribution in [2.75, 3.05) is 0 Å². The van der Waals surface area contributed by atoms with Gasteiger partial charge in [0.1, 0.15) is 22.8 Å². The summed E-state index contributed by atoms with van der Waals surface area (Å²) in [7, 11) is 0. The van der Waals surface area contributed by atoms with Crippen LogP contribution in [0.4, 0.5) is 0 Å². The molecule has 31 heavy (non-hydrogen) atoms. The Morgan fingerprint density at radius 1 is 1.23 bits per heavy atom. The second-order valence-corrected chi connectivity index (χ2v) is 8.16. The molecule has 4 heterocycles. The summed E-state index contributed by atoms with van der Waals surface area (Å²) in [5.41, 5.74) is 2.66. The first kappa shape index (κ1) is 19.3. The average molecular weight is 416 g/mol. The van der Waals surface area contributed by atoms with E-state index in [4.69, 9.17) is 10.2 Å². The summed E-state index contributed by atoms with van der Waals surface area (Å²) >= 11 is 0. The van der Waals surface area contributed by atoms with Crippen molar-refractivity contribution in [1.29, 1.82) is 5.26 Å². The molecule has 0 bridgehead atoms. The number of H-pyrrole nitrogens is 2. The molecule has 1 amide bonds. The zero-order valence-electron chi connectivity index (χ0n) is 17.1. The second-order valence-electron chi connectivity index (χ2n) is 8.16. The third-order valence-electron chi connectivity index (χ3n) is 6.20. The highest BCUT2D eigenvalue weighted by Crippen LogP contribution is 2.37. The lowest BCUT2D eigenvalue weighted by Gasteiger charge is -2.30. The Balaban J connectivity index is 1.46. The molecule has 3 N–H and O–H groups in total. The normalized spacial score (nSPS) is 18.9. The maximum Gasteiger partial charge on any atom is 0.227 e. The van der Waals surface area contributed by atoms with E-state index in [0.717, 1.165) is 59.4 Å². The zero-order chi connectivity index (χ0) is 21.2. The molecule has 1 aliphatic rings. The van der Waals surface area contributed by atoms with Crippen molar-refractivity contribution in [2.24, 2.45) is 5.92 Å². The van der Waals surface area contributed by atoms with Crippen molar-refractivity contribution in [2.45, 2.75) is 51.1 Å². The van der Waals surface area contributed by atoms with Crippen LogP contribution in [-0.4, -0.2) is 35.4 Å². The van der Waals surface area contributed by atoms with Crippen LogP contribution in [0.2, 0.25) is 0 Å². The Hall–Kier alpha value is -3.67. The molecule has 0 radical (unpaired) electrons. The lowest BCUT2D eigenvalue weighted by atomic mass is 9.84. The van der Waals surface area contributed by atoms with E-state index < -0.39 is 0 Å². The fourth-order valence-corrected chi connectivity index (χ4v) is 4.68. The standard InChI is InChI=1S/C22H24N8O/c23-7-5-14-1-3-15(4-2-14)30-19(11-20(31)27-13-18-24-9-10-25-18)29-17-12-28-22-16(21(17)30)6-8-26-22/h6,8-10,12,14-15H,1-5,11,13H2,(H,24,25)(H,26,28)(H,27,31)/t14-,15-. The number of imidazole rings is 2. The number of aromatic amines is 2. The largest absolute Gasteiger partial charge is 0.348 e. The predicted octanol–water partition coefficient (Wildman–Crippen LogP) is 3.14. The van der Waals surface area contributed by atoms with E-state index in [9.17, 15) is 4.79 Å². The van der Waals surface area contributed by atoms with Crippen molar-refractivity contribution >= 4 is 28.0 Å². The van der Waals surface area contributed by atoms with Crippen molar-refractivity contribution in [3.05, 3.63) is 42.5 Å². The van der Waals surface area contributed by atoms with Gasteiger partial charge >= 0.3 is 0 Å². The monoisotopic (exact) mass is 416 g/mol. The van der Waals surface area contributed by atoms with Crippen LogP contribution in [0.15, 0.2) is 30.9 Å². The van der Waals surface area contributed by atoms with E-state index in [1.807, 2.05) is 12.3 Å². The van der Waals surface area contributed by atoms with Crippen LogP contribution < -0.4 is 5.32 Å². The zero-order valence-corrected chi connectivity index (χ0v) is 17.1. The third-order valence-corrected chi connectivity index (χ3v) is 6.20. The summed E-state index contributed by atoms with van der Waals surface area (Å²) in [5, 5.41) is 13.0. The highest BCUT2D eigenvalue weighted by Gasteiger charge is 2.27. The Morgan fingerprint density at radius 2 is 2.10 bits per heavy atom. The molecule has 9 heteroatoms. The average Bonchev–Trinajstić information content (AvgIpc) is 3.52. The van der Waals surface area contributed by atoms with Crippen LogP contribution in [0.1, 0.15) is 49.8 Å². The van der Waals surface area contributed by atoms with Gasteiger partial charge < -0.3 is 19.9 Å². The second kappa shape index (κ2) is 8.22. The van der Waals surface area contributed by atoms with Gasteiger partial charge in [0.15, 0.2) is 0 Å². The van der Waals surface area contributed by atoms with Crippen LogP contribution in [-0.2, 0) is 17.8 Å². The number of rotatable bonds is 6. The lowest BCUT2D eigenvalue weighted by molar-refractivity contribution is -0.120. The Kier molecular flexibility index (Phi) is 5.12. The van der Waals surface area contributed by atoms with E-state index in [1.165, 1.54) is 0 Å². The molecule has 1 fully saturated rings. The van der Waals surface area contributed by atoms with Crippen LogP contribution in [0.3, 0.4) is 0 Å². The van der Waals surface area contributed by atoms with Gasteiger partial charge in [-0.15, -0.1) is 0 Å². The summed E-state index contributed by atoms with van der Waals surface area (Å²) in [6.45, 7) is 0.356. The lowest BCUT2D eigenvalue weighted by Crippen LogP contribution is -2.27. The minimum absolute atomic E-state index is 0.0932. The minimum Gasteiger partial charge on any atom is -0.348 e. The van der Waals surface area contributed by atoms with E-state index >= 15 is 0 Å². The van der Waals surface area contributed by atoms with E-state index in [1.54, 1.807) is 18.6 Å². The summed E-state index contributed by atoms with van der Waals surface area (Å²) in [4.78, 5) is 32.3. The van der Waals surface area contributed by atoms with Crippen LogP contribution in [0.5, 0.6) is 0 Å². The van der Waals surface area contributed by atoms with Crippen molar-refractivity contribution in [3.63, 3.8) is 0 Å². The molecule has 1 saturated carbocycles. The van der Waals surface area contributed by atoms with Gasteiger partial charge in [-0.3, -0.25) is 4.79 Å². The molecule has 9 nitrogen and oxygen atoms in total. The highest BCUT2D eigenvalue weighted by atomic mass is 16.1. The Morgan fingerprint density at radius 3 is 2.87 bits per heavy atom. The number of carbonyl (C=O) groups is 1. The molecule has 4 aromatic heterocycles. The maximum atomic E-state index is 12.7. The van der Waals surface area contributed by atoms with Gasteiger partial charge in [-0.1, -0.05) is 0 Å². The number of hydrogen-bond acceptors (Lipinski definition) is 5. The number of fused-ring (bicyclic) bond motifs is 3. The van der Waals surface area contributed by atoms with E-state index in [2.05, 4.69) is 35.9 Å². The quantitative estimate of drug-likeness (QED) is 0.445. The van der Waals surface area contributed by atoms with Crippen molar-refractivity contribution in [1.82, 2.24) is 34.8 Å². The molecule has 0 aromatic carbocycles. The van der Waals surface area contributed by atoms with Gasteiger partial charge in [0.05, 0.1) is 30.7 Å². The summed E-state index contributed by atoms with van der Waals surface area (Å²) in [6, 6.07) is 4.58. The van der Waals surface area contributed by atoms with Crippen LogP contribution >= 0.6 is 0 Å². The number of aromatic nitrogens is 6. The van der Waals surface area contributed by atoms with Gasteiger partial charge in [0, 0.05) is 36.4 Å². The van der Waals surface area contributed by atoms with Crippen LogP contribution in [0.25, 0.3) is 22.1 Å². The molecule has 4 aromatic rings. The number of hydrogen-bond donors (Lipinski definition) is 3. The van der Waals surface area contributed by atoms with Gasteiger partial charge in [-0.05, 0) is 37.7 Å². The Bertz CT molecular complexity index is 1240. The number of carbonyl (C=O) groups excluding carboxylic acids is 1. The molecular formula is C22H24N8O. The van der Waals surface area contributed by atoms with Crippen LogP contribution in [0, 0.1) is 17.2 Å². The van der Waals surface area contributed by atoms with Gasteiger partial charge in [0.2, 0.25) is 5.91 Å². The number of nitrogens with zero attached hydrogens (tertiary/aromatic N) is 5. The summed E-state index contributed by atoms with van der Waals surface area (Å²) in [6.07, 6.45) is 11.9. The molecular weight excluding hydrogens is 392 g/mol. The first-order valence-corrected chi connectivity index (χ1v) is 10.7. The first-order chi connectivity index (χ1) is 15.2. The fourth-order valence-electron chi connectivity index (χ4n) is 4.68. The van der Waals surface area contributed by atoms with Gasteiger partial charge in [-0.25, -0.2) is 15.0 Å². The summed E-state index contributed by atoms with van der Waals surface area (Å²) < 4.78 is 2.25. The molecule has 158 valence electrons. The van der Waals surface area contributed by atoms with Crippen molar-refractivity contribution < 1.29 is 4.79 Å². The Labute approximate surface area is 178 Å². The topological polar surface area (TPSA) is 128 Å². The highest BCUT2D eigenvalue weighted by molar-refractivity contribution is 6.01. The molecule has 0 atom stereocenters.